The van der Waals surface area contributed by atoms with Crippen LogP contribution in [0.3, 0.4) is 0 Å². The van der Waals surface area contributed by atoms with Crippen LogP contribution in [0.5, 0.6) is 0 Å². The third-order valence-corrected chi connectivity index (χ3v) is 7.25. The maximum atomic E-state index is 13.3. The number of hydrogen-bond donors (Lipinski definition) is 2. The highest BCUT2D eigenvalue weighted by molar-refractivity contribution is 6.31. The number of anilines is 3. The summed E-state index contributed by atoms with van der Waals surface area (Å²) in [5.41, 5.74) is 0.739. The predicted octanol–water partition coefficient (Wildman–Crippen LogP) is 4.17. The van der Waals surface area contributed by atoms with E-state index in [0.717, 1.165) is 51.6 Å². The van der Waals surface area contributed by atoms with Gasteiger partial charge in [0.2, 0.25) is 5.91 Å². The number of piperidine rings is 1. The fourth-order valence-electron chi connectivity index (χ4n) is 4.77. The van der Waals surface area contributed by atoms with Crippen LogP contribution in [0.25, 0.3) is 0 Å². The molecule has 1 aliphatic carbocycles. The molecule has 1 amide bonds. The van der Waals surface area contributed by atoms with E-state index in [-0.39, 0.29) is 22.3 Å². The molecule has 0 atom stereocenters. The summed E-state index contributed by atoms with van der Waals surface area (Å²) >= 11 is 5.78. The number of carbonyl (C=O) groups is 1. The molecule has 2 aromatic carbocycles. The number of carbonyl (C=O) groups excluding carboxylic acids is 1. The highest BCUT2D eigenvalue weighted by Gasteiger charge is 2.30. The molecule has 1 aliphatic heterocycles. The van der Waals surface area contributed by atoms with Gasteiger partial charge in [-0.15, -0.1) is 0 Å². The summed E-state index contributed by atoms with van der Waals surface area (Å²) in [6, 6.07) is 4.15. The molecule has 32 heavy (non-hydrogen) atoms. The van der Waals surface area contributed by atoms with Gasteiger partial charge in [0.25, 0.3) is 10.9 Å². The largest absolute Gasteiger partial charge is 0.380 e. The molecule has 0 spiro atoms. The van der Waals surface area contributed by atoms with Gasteiger partial charge >= 0.3 is 0 Å². The van der Waals surface area contributed by atoms with E-state index in [1.807, 2.05) is 0 Å². The minimum absolute atomic E-state index is 0.0191. The number of rotatable bonds is 6. The molecule has 4 rings (SSSR count). The van der Waals surface area contributed by atoms with Gasteiger partial charge in [-0.2, -0.15) is 0 Å². The van der Waals surface area contributed by atoms with Gasteiger partial charge in [0.1, 0.15) is 17.2 Å². The first-order valence-corrected chi connectivity index (χ1v) is 11.8. The van der Waals surface area contributed by atoms with Gasteiger partial charge < -0.3 is 15.5 Å². The molecule has 2 aliphatic rings. The van der Waals surface area contributed by atoms with Crippen molar-refractivity contribution in [1.82, 2.24) is 0 Å². The molecule has 1 heterocycles. The fourth-order valence-corrected chi connectivity index (χ4v) is 4.95. The molecule has 2 N–H and O–H groups in total. The van der Waals surface area contributed by atoms with Crippen molar-refractivity contribution in [3.63, 3.8) is 0 Å². The summed E-state index contributed by atoms with van der Waals surface area (Å²) in [4.78, 5) is 38.9. The van der Waals surface area contributed by atoms with E-state index in [1.54, 1.807) is 0 Å². The molecule has 1 saturated carbocycles. The number of hydrogen-bond acceptors (Lipinski definition) is 5. The Bertz CT molecular complexity index is 1050. The zero-order chi connectivity index (χ0) is 22.8. The molecule has 0 bridgehead atoms. The molecule has 8 heteroatoms. The molecule has 0 aromatic heterocycles. The van der Waals surface area contributed by atoms with E-state index in [2.05, 4.69) is 22.5 Å². The Balaban J connectivity index is 1.26. The number of nitrogens with zero attached hydrogens (tertiary/aromatic N) is 1. The molecule has 6 nitrogen and oxygen atoms in total. The van der Waals surface area contributed by atoms with Crippen LogP contribution < -0.4 is 26.4 Å². The topological polar surface area (TPSA) is 78.5 Å². The molecule has 2 fully saturated rings. The second-order valence-electron chi connectivity index (χ2n) is 9.27. The lowest BCUT2D eigenvalue weighted by Gasteiger charge is -2.34. The Kier molecular flexibility index (Phi) is 6.84. The van der Waals surface area contributed by atoms with Gasteiger partial charge in [-0.25, -0.2) is 4.39 Å². The van der Waals surface area contributed by atoms with Crippen molar-refractivity contribution >= 4 is 34.6 Å². The monoisotopic (exact) mass is 461 g/mol. The van der Waals surface area contributed by atoms with Crippen LogP contribution >= 0.6 is 11.6 Å². The predicted molar refractivity (Wildman–Crippen MR) is 126 cm³/mol. The van der Waals surface area contributed by atoms with Crippen molar-refractivity contribution in [1.29, 1.82) is 0 Å². The van der Waals surface area contributed by atoms with Gasteiger partial charge in [0, 0.05) is 31.2 Å². The van der Waals surface area contributed by atoms with Crippen LogP contribution in [-0.4, -0.2) is 25.5 Å². The normalized spacial score (nSPS) is 22.2. The van der Waals surface area contributed by atoms with Crippen LogP contribution in [-0.2, 0) is 4.79 Å². The average Bonchev–Trinajstić information content (AvgIpc) is 2.79. The molecule has 2 aromatic rings. The third-order valence-electron chi connectivity index (χ3n) is 6.96. The molecular formula is C24H29ClFN3O3. The molecule has 1 saturated heterocycles. The summed E-state index contributed by atoms with van der Waals surface area (Å²) < 4.78 is 13.3. The Labute approximate surface area is 191 Å². The van der Waals surface area contributed by atoms with E-state index >= 15 is 0 Å². The molecule has 172 valence electrons. The quantitative estimate of drug-likeness (QED) is 0.631. The van der Waals surface area contributed by atoms with Crippen molar-refractivity contribution in [2.24, 2.45) is 17.8 Å². The van der Waals surface area contributed by atoms with Crippen molar-refractivity contribution in [3.8, 4) is 0 Å². The lowest BCUT2D eigenvalue weighted by Crippen LogP contribution is -2.45. The fraction of sp³-hybridized carbons (Fsp3) is 0.542. The minimum atomic E-state index is -0.516. The third kappa shape index (κ3) is 4.82. The second-order valence-corrected chi connectivity index (χ2v) is 9.68. The number of benzene rings is 1. The van der Waals surface area contributed by atoms with Crippen molar-refractivity contribution in [2.45, 2.75) is 45.4 Å². The van der Waals surface area contributed by atoms with E-state index in [1.165, 1.54) is 18.2 Å². The minimum Gasteiger partial charge on any atom is -0.380 e. The average molecular weight is 462 g/mol. The molecule has 0 radical (unpaired) electrons. The van der Waals surface area contributed by atoms with Gasteiger partial charge in [0.05, 0.1) is 5.02 Å². The number of halogens is 2. The Hall–Kier alpha value is -2.41. The zero-order valence-electron chi connectivity index (χ0n) is 18.3. The van der Waals surface area contributed by atoms with Crippen LogP contribution in [0.1, 0.15) is 45.4 Å². The summed E-state index contributed by atoms with van der Waals surface area (Å²) in [5, 5.41) is 6.04. The standard InChI is InChI=1S/C24H29ClFN3O3/c1-14-8-10-29(11-9-14)21-20(22(30)23(21)31)27-13-15-2-4-16(5-3-15)24(32)28-17-6-7-19(26)18(25)12-17/h6-7,12,14-16,27H,2-5,8-11,13H2,1H3,(H,28,32). The first kappa shape index (κ1) is 22.8. The lowest BCUT2D eigenvalue weighted by molar-refractivity contribution is -0.121. The maximum Gasteiger partial charge on any atom is 0.253 e. The number of amides is 1. The Morgan fingerprint density at radius 3 is 2.44 bits per heavy atom. The van der Waals surface area contributed by atoms with Crippen LogP contribution in [0.2, 0.25) is 5.02 Å². The van der Waals surface area contributed by atoms with E-state index in [0.29, 0.717) is 35.4 Å². The van der Waals surface area contributed by atoms with Crippen molar-refractivity contribution in [3.05, 3.63) is 49.5 Å². The Morgan fingerprint density at radius 2 is 1.78 bits per heavy atom. The molecule has 0 unspecified atom stereocenters. The van der Waals surface area contributed by atoms with Crippen LogP contribution in [0.15, 0.2) is 27.8 Å². The highest BCUT2D eigenvalue weighted by atomic mass is 35.5. The zero-order valence-corrected chi connectivity index (χ0v) is 19.0. The highest BCUT2D eigenvalue weighted by Crippen LogP contribution is 2.32. The smallest absolute Gasteiger partial charge is 0.253 e. The Morgan fingerprint density at radius 1 is 1.09 bits per heavy atom. The van der Waals surface area contributed by atoms with Crippen molar-refractivity contribution < 1.29 is 9.18 Å². The summed E-state index contributed by atoms with van der Waals surface area (Å²) in [6.07, 6.45) is 5.29. The molecular weight excluding hydrogens is 433 g/mol. The van der Waals surface area contributed by atoms with Crippen LogP contribution in [0.4, 0.5) is 21.5 Å². The van der Waals surface area contributed by atoms with E-state index in [4.69, 9.17) is 11.6 Å². The lowest BCUT2D eigenvalue weighted by atomic mass is 9.81. The summed E-state index contributed by atoms with van der Waals surface area (Å²) in [6.45, 7) is 4.48. The van der Waals surface area contributed by atoms with E-state index in [9.17, 15) is 18.8 Å². The van der Waals surface area contributed by atoms with Crippen molar-refractivity contribution in [2.75, 3.05) is 35.2 Å². The van der Waals surface area contributed by atoms with Gasteiger partial charge in [-0.3, -0.25) is 14.4 Å². The number of nitrogens with one attached hydrogen (secondary N) is 2. The van der Waals surface area contributed by atoms with E-state index < -0.39 is 11.2 Å². The van der Waals surface area contributed by atoms with Crippen LogP contribution in [0, 0.1) is 23.6 Å². The SMILES string of the molecule is CC1CCN(c2c(NCC3CCC(C(=O)Nc4ccc(F)c(Cl)c4)CC3)c(=O)c2=O)CC1. The van der Waals surface area contributed by atoms with Gasteiger partial charge in [-0.05, 0) is 68.6 Å². The van der Waals surface area contributed by atoms with Gasteiger partial charge in [0.15, 0.2) is 0 Å². The first-order valence-electron chi connectivity index (χ1n) is 11.4. The summed E-state index contributed by atoms with van der Waals surface area (Å²) in [7, 11) is 0. The van der Waals surface area contributed by atoms with Gasteiger partial charge in [-0.1, -0.05) is 18.5 Å². The second kappa shape index (κ2) is 9.61. The summed E-state index contributed by atoms with van der Waals surface area (Å²) in [5.74, 6) is 0.298. The first-order chi connectivity index (χ1) is 15.3. The maximum absolute atomic E-state index is 13.3.